The van der Waals surface area contributed by atoms with Crippen molar-refractivity contribution in [2.45, 2.75) is 19.1 Å². The minimum atomic E-state index is -1.56. The van der Waals surface area contributed by atoms with Gasteiger partial charge in [-0.1, -0.05) is 35.5 Å². The summed E-state index contributed by atoms with van der Waals surface area (Å²) >= 11 is 0. The molecule has 1 heterocycles. The van der Waals surface area contributed by atoms with E-state index >= 15 is 0 Å². The van der Waals surface area contributed by atoms with Gasteiger partial charge in [-0.2, -0.15) is 0 Å². The van der Waals surface area contributed by atoms with E-state index in [1.54, 1.807) is 0 Å². The zero-order chi connectivity index (χ0) is 13.9. The van der Waals surface area contributed by atoms with E-state index in [0.29, 0.717) is 5.71 Å². The Morgan fingerprint density at radius 2 is 2.05 bits per heavy atom. The molecule has 0 radical (unpaired) electrons. The molecule has 0 aromatic heterocycles. The van der Waals surface area contributed by atoms with E-state index in [2.05, 4.69) is 15.2 Å². The molecule has 0 spiro atoms. The van der Waals surface area contributed by atoms with E-state index in [9.17, 15) is 9.59 Å². The molecule has 1 atom stereocenters. The third-order valence-corrected chi connectivity index (χ3v) is 2.73. The molecule has 1 unspecified atom stereocenters. The summed E-state index contributed by atoms with van der Waals surface area (Å²) in [5.74, 6) is -1.08. The van der Waals surface area contributed by atoms with Crippen molar-refractivity contribution in [3.8, 4) is 0 Å². The number of carbonyl (C=O) groups is 2. The van der Waals surface area contributed by atoms with E-state index in [1.807, 2.05) is 30.3 Å². The fraction of sp³-hybridized carbons (Fsp3) is 0.308. The third-order valence-electron chi connectivity index (χ3n) is 2.73. The molecule has 100 valence electrons. The van der Waals surface area contributed by atoms with E-state index in [-0.39, 0.29) is 6.42 Å². The lowest BCUT2D eigenvalue weighted by molar-refractivity contribution is -0.173. The number of nitrogens with zero attached hydrogens (tertiary/aromatic N) is 1. The zero-order valence-electron chi connectivity index (χ0n) is 10.7. The number of esters is 1. The number of hydrogen-bond donors (Lipinski definition) is 1. The second-order valence-corrected chi connectivity index (χ2v) is 4.17. The first-order chi connectivity index (χ1) is 9.07. The average molecular weight is 262 g/mol. The second-order valence-electron chi connectivity index (χ2n) is 4.17. The van der Waals surface area contributed by atoms with Crippen LogP contribution in [0.25, 0.3) is 0 Å². The first-order valence-electron chi connectivity index (χ1n) is 5.75. The molecule has 1 aliphatic heterocycles. The Kier molecular flexibility index (Phi) is 3.50. The van der Waals surface area contributed by atoms with Gasteiger partial charge in [-0.3, -0.25) is 4.79 Å². The summed E-state index contributed by atoms with van der Waals surface area (Å²) in [6.45, 7) is 1.30. The molecule has 6 nitrogen and oxygen atoms in total. The molecule has 1 amide bonds. The molecule has 6 heteroatoms. The third kappa shape index (κ3) is 2.57. The Balaban J connectivity index is 2.23. The molecule has 19 heavy (non-hydrogen) atoms. The van der Waals surface area contributed by atoms with E-state index in [1.165, 1.54) is 14.0 Å². The van der Waals surface area contributed by atoms with E-state index < -0.39 is 17.6 Å². The van der Waals surface area contributed by atoms with Crippen LogP contribution in [0.2, 0.25) is 0 Å². The zero-order valence-corrected chi connectivity index (χ0v) is 10.7. The number of rotatable bonds is 3. The van der Waals surface area contributed by atoms with Crippen LogP contribution in [-0.2, 0) is 19.2 Å². The van der Waals surface area contributed by atoms with Crippen LogP contribution in [-0.4, -0.2) is 30.4 Å². The van der Waals surface area contributed by atoms with Crippen molar-refractivity contribution >= 4 is 17.6 Å². The summed E-state index contributed by atoms with van der Waals surface area (Å²) in [4.78, 5) is 28.2. The lowest BCUT2D eigenvalue weighted by atomic mass is 10.0. The summed E-state index contributed by atoms with van der Waals surface area (Å²) in [6.07, 6.45) is 0.128. The van der Waals surface area contributed by atoms with Gasteiger partial charge in [0.1, 0.15) is 0 Å². The van der Waals surface area contributed by atoms with Crippen molar-refractivity contribution in [3.05, 3.63) is 35.9 Å². The van der Waals surface area contributed by atoms with Gasteiger partial charge in [0.2, 0.25) is 5.91 Å². The van der Waals surface area contributed by atoms with Crippen molar-refractivity contribution in [2.24, 2.45) is 5.16 Å². The topological polar surface area (TPSA) is 77.0 Å². The SMILES string of the molecule is COC(=O)C1(NC(C)=O)CC(c2ccccc2)=NO1. The number of carbonyl (C=O) groups excluding carboxylic acids is 2. The second kappa shape index (κ2) is 5.09. The normalized spacial score (nSPS) is 21.3. The maximum Gasteiger partial charge on any atom is 0.375 e. The Hall–Kier alpha value is -2.37. The highest BCUT2D eigenvalue weighted by Gasteiger charge is 2.49. The molecule has 2 rings (SSSR count). The smallest absolute Gasteiger partial charge is 0.375 e. The highest BCUT2D eigenvalue weighted by Crippen LogP contribution is 2.26. The Morgan fingerprint density at radius 3 is 2.63 bits per heavy atom. The Labute approximate surface area is 110 Å². The molecule has 1 N–H and O–H groups in total. The van der Waals surface area contributed by atoms with Gasteiger partial charge in [-0.15, -0.1) is 0 Å². The number of methoxy groups -OCH3 is 1. The summed E-state index contributed by atoms with van der Waals surface area (Å²) in [5, 5.41) is 6.34. The lowest BCUT2D eigenvalue weighted by Gasteiger charge is -2.23. The largest absolute Gasteiger partial charge is 0.465 e. The monoisotopic (exact) mass is 262 g/mol. The number of nitrogens with one attached hydrogen (secondary N) is 1. The molecule has 1 aromatic rings. The molecule has 0 saturated carbocycles. The molecule has 0 bridgehead atoms. The molecule has 1 aliphatic rings. The minimum Gasteiger partial charge on any atom is -0.465 e. The van der Waals surface area contributed by atoms with Gasteiger partial charge in [-0.25, -0.2) is 4.79 Å². The number of hydrogen-bond acceptors (Lipinski definition) is 5. The highest BCUT2D eigenvalue weighted by atomic mass is 16.7. The number of oxime groups is 1. The van der Waals surface area contributed by atoms with Crippen LogP contribution in [0.4, 0.5) is 0 Å². The van der Waals surface area contributed by atoms with Gasteiger partial charge in [0.25, 0.3) is 0 Å². The highest BCUT2D eigenvalue weighted by molar-refractivity contribution is 6.05. The maximum atomic E-state index is 11.8. The van der Waals surface area contributed by atoms with Crippen molar-refractivity contribution in [1.82, 2.24) is 5.32 Å². The van der Waals surface area contributed by atoms with Crippen molar-refractivity contribution in [2.75, 3.05) is 7.11 Å². The van der Waals surface area contributed by atoms with Crippen LogP contribution in [0.3, 0.4) is 0 Å². The first kappa shape index (κ1) is 13.1. The van der Waals surface area contributed by atoms with Gasteiger partial charge >= 0.3 is 11.7 Å². The van der Waals surface area contributed by atoms with Gasteiger partial charge in [0.05, 0.1) is 19.2 Å². The summed E-state index contributed by atoms with van der Waals surface area (Å²) in [6, 6.07) is 9.29. The number of amides is 1. The molecule has 1 aromatic carbocycles. The predicted molar refractivity (Wildman–Crippen MR) is 67.2 cm³/mol. The fourth-order valence-corrected chi connectivity index (χ4v) is 1.90. The number of ether oxygens (including phenoxy) is 1. The van der Waals surface area contributed by atoms with Crippen molar-refractivity contribution in [3.63, 3.8) is 0 Å². The fourth-order valence-electron chi connectivity index (χ4n) is 1.90. The van der Waals surface area contributed by atoms with Crippen molar-refractivity contribution in [1.29, 1.82) is 0 Å². The summed E-state index contributed by atoms with van der Waals surface area (Å²) < 4.78 is 4.67. The maximum absolute atomic E-state index is 11.8. The van der Waals surface area contributed by atoms with Crippen LogP contribution in [0, 0.1) is 0 Å². The summed E-state index contributed by atoms with van der Waals surface area (Å²) in [5.41, 5.74) is -0.149. The molecule has 0 aliphatic carbocycles. The van der Waals surface area contributed by atoms with Crippen molar-refractivity contribution < 1.29 is 19.2 Å². The van der Waals surface area contributed by atoms with E-state index in [4.69, 9.17) is 4.84 Å². The summed E-state index contributed by atoms with van der Waals surface area (Å²) in [7, 11) is 1.23. The van der Waals surface area contributed by atoms with E-state index in [0.717, 1.165) is 5.56 Å². The Morgan fingerprint density at radius 1 is 1.37 bits per heavy atom. The van der Waals surface area contributed by atoms with Crippen LogP contribution >= 0.6 is 0 Å². The van der Waals surface area contributed by atoms with Crippen LogP contribution < -0.4 is 5.32 Å². The quantitative estimate of drug-likeness (QED) is 0.818. The first-order valence-corrected chi connectivity index (χ1v) is 5.75. The predicted octanol–water partition coefficient (Wildman–Crippen LogP) is 0.816. The Bertz CT molecular complexity index is 527. The average Bonchev–Trinajstić information content (AvgIpc) is 2.83. The van der Waals surface area contributed by atoms with Crippen LogP contribution in [0.15, 0.2) is 35.5 Å². The van der Waals surface area contributed by atoms with Gasteiger partial charge in [-0.05, 0) is 5.56 Å². The molecular weight excluding hydrogens is 248 g/mol. The van der Waals surface area contributed by atoms with Crippen LogP contribution in [0.5, 0.6) is 0 Å². The minimum absolute atomic E-state index is 0.128. The molecule has 0 fully saturated rings. The molecule has 0 saturated heterocycles. The van der Waals surface area contributed by atoms with Gasteiger partial charge < -0.3 is 14.9 Å². The lowest BCUT2D eigenvalue weighted by Crippen LogP contribution is -2.54. The van der Waals surface area contributed by atoms with Gasteiger partial charge in [0, 0.05) is 6.92 Å². The standard InChI is InChI=1S/C13H14N2O4/c1-9(16)14-13(12(17)18-2)8-11(15-19-13)10-6-4-3-5-7-10/h3-7H,8H2,1-2H3,(H,14,16). The number of benzene rings is 1. The molecular formula is C13H14N2O4. The van der Waals surface area contributed by atoms with Gasteiger partial charge in [0.15, 0.2) is 0 Å². The van der Waals surface area contributed by atoms with Crippen LogP contribution in [0.1, 0.15) is 18.9 Å².